The standard InChI is InChI=1S/C11H18N3O13P3/c1-2-11(6-24-29(20,21)27-30(22,23)26-28(17,18)19)5-7(15)9(25-11)14-4-3-8(12)13-10(14)16/h2-4,7,9,15H,1,5-6H2,(H,20,21)(H,22,23)(H2,12,13,16)(H2,17,18,19). The number of aromatic nitrogens is 2. The van der Waals surface area contributed by atoms with Gasteiger partial charge >= 0.3 is 29.2 Å². The van der Waals surface area contributed by atoms with Gasteiger partial charge in [-0.3, -0.25) is 9.09 Å². The third-order valence-corrected chi connectivity index (χ3v) is 7.41. The molecule has 19 heteroatoms. The van der Waals surface area contributed by atoms with Crippen LogP contribution in [0.25, 0.3) is 0 Å². The maximum absolute atomic E-state index is 11.9. The van der Waals surface area contributed by atoms with Crippen molar-refractivity contribution in [3.63, 3.8) is 0 Å². The van der Waals surface area contributed by atoms with E-state index in [0.29, 0.717) is 0 Å². The molecule has 1 aliphatic heterocycles. The van der Waals surface area contributed by atoms with Crippen LogP contribution >= 0.6 is 23.5 Å². The van der Waals surface area contributed by atoms with Gasteiger partial charge in [0.15, 0.2) is 6.23 Å². The fourth-order valence-corrected chi connectivity index (χ4v) is 5.54. The summed E-state index contributed by atoms with van der Waals surface area (Å²) in [5.41, 5.74) is 2.86. The van der Waals surface area contributed by atoms with Crippen molar-refractivity contribution in [1.82, 2.24) is 9.55 Å². The SMILES string of the molecule is C=CC1(COP(=O)(O)OP(=O)(O)OP(=O)(O)O)CC(O)C(n2ccc(N)nc2=O)O1. The highest BCUT2D eigenvalue weighted by Gasteiger charge is 2.48. The molecule has 1 saturated heterocycles. The van der Waals surface area contributed by atoms with Crippen molar-refractivity contribution in [2.45, 2.75) is 24.4 Å². The van der Waals surface area contributed by atoms with E-state index >= 15 is 0 Å². The predicted molar refractivity (Wildman–Crippen MR) is 96.4 cm³/mol. The van der Waals surface area contributed by atoms with Crippen LogP contribution < -0.4 is 11.4 Å². The molecule has 0 spiro atoms. The summed E-state index contributed by atoms with van der Waals surface area (Å²) >= 11 is 0. The summed E-state index contributed by atoms with van der Waals surface area (Å²) in [7, 11) is -16.7. The van der Waals surface area contributed by atoms with E-state index in [-0.39, 0.29) is 12.2 Å². The summed E-state index contributed by atoms with van der Waals surface area (Å²) in [5.74, 6) is -0.0774. The van der Waals surface area contributed by atoms with E-state index in [2.05, 4.69) is 24.7 Å². The molecule has 0 amide bonds. The van der Waals surface area contributed by atoms with Gasteiger partial charge in [0.2, 0.25) is 0 Å². The molecule has 0 saturated carbocycles. The van der Waals surface area contributed by atoms with Gasteiger partial charge in [-0.2, -0.15) is 13.6 Å². The second kappa shape index (κ2) is 8.71. The van der Waals surface area contributed by atoms with Crippen LogP contribution in [0.3, 0.4) is 0 Å². The summed E-state index contributed by atoms with van der Waals surface area (Å²) in [4.78, 5) is 51.1. The molecule has 5 atom stereocenters. The number of hydrogen-bond donors (Lipinski definition) is 6. The van der Waals surface area contributed by atoms with Crippen LogP contribution in [0.2, 0.25) is 0 Å². The van der Waals surface area contributed by atoms with E-state index in [4.69, 9.17) is 25.2 Å². The van der Waals surface area contributed by atoms with Crippen molar-refractivity contribution in [1.29, 1.82) is 0 Å². The van der Waals surface area contributed by atoms with Crippen LogP contribution in [0, 0.1) is 0 Å². The zero-order valence-corrected chi connectivity index (χ0v) is 17.5. The number of nitrogens with zero attached hydrogens (tertiary/aromatic N) is 2. The van der Waals surface area contributed by atoms with E-state index in [1.54, 1.807) is 0 Å². The van der Waals surface area contributed by atoms with Crippen LogP contribution in [0.15, 0.2) is 29.7 Å². The second-order valence-corrected chi connectivity index (χ2v) is 10.4. The smallest absolute Gasteiger partial charge is 0.388 e. The lowest BCUT2D eigenvalue weighted by molar-refractivity contribution is -0.0856. The summed E-state index contributed by atoms with van der Waals surface area (Å²) in [6, 6.07) is 1.26. The highest BCUT2D eigenvalue weighted by atomic mass is 31.3. The number of aliphatic hydroxyl groups is 1. The predicted octanol–water partition coefficient (Wildman–Crippen LogP) is -0.627. The lowest BCUT2D eigenvalue weighted by Gasteiger charge is -2.26. The van der Waals surface area contributed by atoms with E-state index in [1.165, 1.54) is 12.3 Å². The highest BCUT2D eigenvalue weighted by molar-refractivity contribution is 7.66. The van der Waals surface area contributed by atoms with Crippen LogP contribution in [0.5, 0.6) is 0 Å². The molecule has 170 valence electrons. The number of rotatable bonds is 9. The molecule has 16 nitrogen and oxygen atoms in total. The van der Waals surface area contributed by atoms with Gasteiger partial charge in [-0.1, -0.05) is 6.08 Å². The van der Waals surface area contributed by atoms with Crippen molar-refractivity contribution in [3.05, 3.63) is 35.4 Å². The molecule has 0 aromatic carbocycles. The van der Waals surface area contributed by atoms with Crippen molar-refractivity contribution in [2.24, 2.45) is 0 Å². The first-order valence-electron chi connectivity index (χ1n) is 7.69. The zero-order chi connectivity index (χ0) is 23.0. The Morgan fingerprint density at radius 2 is 1.93 bits per heavy atom. The van der Waals surface area contributed by atoms with E-state index in [1.807, 2.05) is 0 Å². The second-order valence-electron chi connectivity index (χ2n) is 5.96. The topological polar surface area (TPSA) is 250 Å². The van der Waals surface area contributed by atoms with Crippen molar-refractivity contribution >= 4 is 29.3 Å². The maximum atomic E-state index is 11.9. The quantitative estimate of drug-likeness (QED) is 0.185. The number of phosphoric acid groups is 3. The molecule has 5 unspecified atom stereocenters. The summed E-state index contributed by atoms with van der Waals surface area (Å²) in [6.45, 7) is 2.57. The molecule has 1 aromatic rings. The summed E-state index contributed by atoms with van der Waals surface area (Å²) < 4.78 is 52.0. The Bertz CT molecular complexity index is 1010. The molecule has 2 rings (SSSR count). The lowest BCUT2D eigenvalue weighted by Crippen LogP contribution is -2.34. The molecular formula is C11H18N3O13P3. The normalized spacial score (nSPS) is 28.6. The van der Waals surface area contributed by atoms with Gasteiger partial charge in [-0.05, 0) is 6.07 Å². The van der Waals surface area contributed by atoms with Crippen molar-refractivity contribution in [3.8, 4) is 0 Å². The first-order valence-corrected chi connectivity index (χ1v) is 12.2. The van der Waals surface area contributed by atoms with E-state index < -0.39 is 53.7 Å². The molecule has 0 bridgehead atoms. The number of aliphatic hydroxyl groups excluding tert-OH is 1. The van der Waals surface area contributed by atoms with Crippen LogP contribution in [0.1, 0.15) is 12.6 Å². The molecule has 0 radical (unpaired) electrons. The van der Waals surface area contributed by atoms with Gasteiger partial charge in [0, 0.05) is 12.6 Å². The van der Waals surface area contributed by atoms with Gasteiger partial charge in [-0.15, -0.1) is 6.58 Å². The van der Waals surface area contributed by atoms with E-state index in [0.717, 1.165) is 10.6 Å². The molecule has 2 heterocycles. The average Bonchev–Trinajstić information content (AvgIpc) is 2.87. The molecular weight excluding hydrogens is 475 g/mol. The number of hydrogen-bond acceptors (Lipinski definition) is 11. The van der Waals surface area contributed by atoms with Gasteiger partial charge in [0.05, 0.1) is 6.61 Å². The monoisotopic (exact) mass is 493 g/mol. The molecule has 1 aromatic heterocycles. The average molecular weight is 493 g/mol. The fraction of sp³-hybridized carbons (Fsp3) is 0.455. The van der Waals surface area contributed by atoms with E-state index in [9.17, 15) is 28.5 Å². The summed E-state index contributed by atoms with van der Waals surface area (Å²) in [5, 5.41) is 10.2. The van der Waals surface area contributed by atoms with Crippen LogP contribution in [-0.2, 0) is 31.6 Å². The number of phosphoric ester groups is 1. The Balaban J connectivity index is 2.13. The third-order valence-electron chi connectivity index (χ3n) is 3.62. The zero-order valence-electron chi connectivity index (χ0n) is 14.8. The molecule has 1 fully saturated rings. The number of anilines is 1. The highest BCUT2D eigenvalue weighted by Crippen LogP contribution is 2.66. The lowest BCUT2D eigenvalue weighted by atomic mass is 10.0. The minimum atomic E-state index is -5.69. The molecule has 1 aliphatic rings. The first-order chi connectivity index (χ1) is 13.6. The first kappa shape index (κ1) is 25.0. The minimum absolute atomic E-state index is 0.0774. The third kappa shape index (κ3) is 6.62. The van der Waals surface area contributed by atoms with Crippen LogP contribution in [-0.4, -0.2) is 52.5 Å². The summed E-state index contributed by atoms with van der Waals surface area (Å²) in [6.07, 6.45) is -0.673. The molecule has 30 heavy (non-hydrogen) atoms. The maximum Gasteiger partial charge on any atom is 0.490 e. The van der Waals surface area contributed by atoms with Gasteiger partial charge in [0.1, 0.15) is 17.5 Å². The Kier molecular flexibility index (Phi) is 7.26. The Labute approximate surface area is 168 Å². The van der Waals surface area contributed by atoms with Gasteiger partial charge in [-0.25, -0.2) is 18.5 Å². The Hall–Kier alpha value is -1.25. The van der Waals surface area contributed by atoms with Crippen LogP contribution in [0.4, 0.5) is 5.82 Å². The number of ether oxygens (including phenoxy) is 1. The fourth-order valence-electron chi connectivity index (χ4n) is 2.46. The van der Waals surface area contributed by atoms with Gasteiger partial charge < -0.3 is 35.2 Å². The van der Waals surface area contributed by atoms with Crippen molar-refractivity contribution in [2.75, 3.05) is 12.3 Å². The van der Waals surface area contributed by atoms with Gasteiger partial charge in [0.25, 0.3) is 0 Å². The Morgan fingerprint density at radius 1 is 1.30 bits per heavy atom. The van der Waals surface area contributed by atoms with Crippen molar-refractivity contribution < 1.29 is 56.3 Å². The largest absolute Gasteiger partial charge is 0.490 e. The number of nitrogen functional groups attached to an aromatic ring is 1. The Morgan fingerprint density at radius 3 is 2.47 bits per heavy atom. The minimum Gasteiger partial charge on any atom is -0.388 e. The molecule has 0 aliphatic carbocycles. The number of nitrogens with two attached hydrogens (primary N) is 1. The molecule has 7 N–H and O–H groups in total.